The van der Waals surface area contributed by atoms with E-state index in [0.29, 0.717) is 6.42 Å². The summed E-state index contributed by atoms with van der Waals surface area (Å²) in [6.07, 6.45) is 23.1. The second-order valence-electron chi connectivity index (χ2n) is 5.53. The second kappa shape index (κ2) is 17.0. The van der Waals surface area contributed by atoms with Gasteiger partial charge in [-0.3, -0.25) is 4.79 Å². The third-order valence-electron chi connectivity index (χ3n) is 3.57. The molecule has 0 aromatic heterocycles. The molecule has 0 N–H and O–H groups in total. The normalized spacial score (nSPS) is 11.5. The van der Waals surface area contributed by atoms with E-state index < -0.39 is 0 Å². The Bertz CT molecular complexity index is 279. The number of hydrogen-bond donors (Lipinski definition) is 0. The van der Waals surface area contributed by atoms with Gasteiger partial charge in [0.15, 0.2) is 0 Å². The van der Waals surface area contributed by atoms with Crippen LogP contribution in [0.5, 0.6) is 0 Å². The van der Waals surface area contributed by atoms with Gasteiger partial charge in [0.25, 0.3) is 0 Å². The molecule has 0 aromatic rings. The maximum Gasteiger partial charge on any atom is 0.305 e. The Morgan fingerprint density at radius 2 is 1.38 bits per heavy atom. The van der Waals surface area contributed by atoms with Crippen molar-refractivity contribution >= 4 is 5.97 Å². The molecule has 0 fully saturated rings. The molecule has 0 heterocycles. The van der Waals surface area contributed by atoms with Gasteiger partial charge in [-0.05, 0) is 32.1 Å². The summed E-state index contributed by atoms with van der Waals surface area (Å²) in [5.41, 5.74) is 0. The maximum absolute atomic E-state index is 10.9. The number of methoxy groups -OCH3 is 1. The molecule has 21 heavy (non-hydrogen) atoms. The smallest absolute Gasteiger partial charge is 0.305 e. The minimum atomic E-state index is -0.0757. The first-order valence-electron chi connectivity index (χ1n) is 8.68. The summed E-state index contributed by atoms with van der Waals surface area (Å²) < 4.78 is 4.62. The lowest BCUT2D eigenvalue weighted by molar-refractivity contribution is -0.140. The summed E-state index contributed by atoms with van der Waals surface area (Å²) in [6, 6.07) is 0. The van der Waals surface area contributed by atoms with Gasteiger partial charge >= 0.3 is 5.97 Å². The summed E-state index contributed by atoms with van der Waals surface area (Å²) in [7, 11) is 1.46. The van der Waals surface area contributed by atoms with Crippen LogP contribution in [0.25, 0.3) is 0 Å². The summed E-state index contributed by atoms with van der Waals surface area (Å²) in [6.45, 7) is 2.17. The third-order valence-corrected chi connectivity index (χ3v) is 3.57. The topological polar surface area (TPSA) is 26.3 Å². The number of carbonyl (C=O) groups is 1. The standard InChI is InChI=1S/C19H34O2/c1-3-4-5-6-7-8-9-10-11-12-13-14-15-16-17-18-19(20)21-2/h4-5,7-8H,3,6,9-18H2,1-2H3/b5-4-,8-7-. The maximum atomic E-state index is 10.9. The number of rotatable bonds is 14. The minimum Gasteiger partial charge on any atom is -0.469 e. The Morgan fingerprint density at radius 1 is 0.810 bits per heavy atom. The highest BCUT2D eigenvalue weighted by atomic mass is 16.5. The van der Waals surface area contributed by atoms with Crippen LogP contribution >= 0.6 is 0 Å². The fourth-order valence-corrected chi connectivity index (χ4v) is 2.25. The van der Waals surface area contributed by atoms with Gasteiger partial charge in [0.2, 0.25) is 0 Å². The number of allylic oxidation sites excluding steroid dienone is 4. The van der Waals surface area contributed by atoms with Crippen LogP contribution in [0.1, 0.15) is 84.0 Å². The Labute approximate surface area is 131 Å². The average Bonchev–Trinajstić information content (AvgIpc) is 2.50. The van der Waals surface area contributed by atoms with Crippen LogP contribution in [0.15, 0.2) is 24.3 Å². The number of unbranched alkanes of at least 4 members (excludes halogenated alkanes) is 8. The van der Waals surface area contributed by atoms with Gasteiger partial charge in [-0.25, -0.2) is 0 Å². The van der Waals surface area contributed by atoms with E-state index in [9.17, 15) is 4.79 Å². The van der Waals surface area contributed by atoms with Crippen LogP contribution in [0, 0.1) is 0 Å². The molecule has 0 atom stereocenters. The number of ether oxygens (including phenoxy) is 1. The van der Waals surface area contributed by atoms with Crippen molar-refractivity contribution in [3.05, 3.63) is 24.3 Å². The molecule has 0 aliphatic carbocycles. The van der Waals surface area contributed by atoms with Crippen LogP contribution in [-0.4, -0.2) is 13.1 Å². The van der Waals surface area contributed by atoms with Crippen LogP contribution in [-0.2, 0) is 9.53 Å². The van der Waals surface area contributed by atoms with Crippen molar-refractivity contribution in [2.45, 2.75) is 84.0 Å². The molecule has 0 unspecified atom stereocenters. The molecule has 0 amide bonds. The minimum absolute atomic E-state index is 0.0757. The van der Waals surface area contributed by atoms with Crippen molar-refractivity contribution < 1.29 is 9.53 Å². The van der Waals surface area contributed by atoms with E-state index in [1.807, 2.05) is 0 Å². The lowest BCUT2D eigenvalue weighted by Crippen LogP contribution is -1.99. The molecule has 0 rings (SSSR count). The van der Waals surface area contributed by atoms with Crippen LogP contribution in [0.3, 0.4) is 0 Å². The lowest BCUT2D eigenvalue weighted by Gasteiger charge is -2.01. The fraction of sp³-hybridized carbons (Fsp3) is 0.737. The third kappa shape index (κ3) is 16.9. The molecular formula is C19H34O2. The predicted molar refractivity (Wildman–Crippen MR) is 91.4 cm³/mol. The van der Waals surface area contributed by atoms with Gasteiger partial charge in [0, 0.05) is 6.42 Å². The van der Waals surface area contributed by atoms with Crippen LogP contribution in [0.4, 0.5) is 0 Å². The van der Waals surface area contributed by atoms with E-state index >= 15 is 0 Å². The Hall–Kier alpha value is -1.05. The Morgan fingerprint density at radius 3 is 2.00 bits per heavy atom. The summed E-state index contributed by atoms with van der Waals surface area (Å²) in [5, 5.41) is 0. The highest BCUT2D eigenvalue weighted by molar-refractivity contribution is 5.68. The zero-order valence-electron chi connectivity index (χ0n) is 14.1. The van der Waals surface area contributed by atoms with Gasteiger partial charge < -0.3 is 4.74 Å². The van der Waals surface area contributed by atoms with Crippen molar-refractivity contribution in [1.82, 2.24) is 0 Å². The molecule has 2 heteroatoms. The molecule has 0 radical (unpaired) electrons. The highest BCUT2D eigenvalue weighted by Gasteiger charge is 1.98. The molecular weight excluding hydrogens is 260 g/mol. The molecule has 2 nitrogen and oxygen atoms in total. The van der Waals surface area contributed by atoms with Crippen molar-refractivity contribution in [3.63, 3.8) is 0 Å². The van der Waals surface area contributed by atoms with E-state index in [0.717, 1.165) is 25.7 Å². The van der Waals surface area contributed by atoms with Gasteiger partial charge in [0.1, 0.15) is 0 Å². The van der Waals surface area contributed by atoms with Crippen LogP contribution in [0.2, 0.25) is 0 Å². The Kier molecular flexibility index (Phi) is 16.2. The molecule has 0 spiro atoms. The van der Waals surface area contributed by atoms with E-state index in [4.69, 9.17) is 0 Å². The molecule has 0 saturated heterocycles. The fourth-order valence-electron chi connectivity index (χ4n) is 2.25. The summed E-state index contributed by atoms with van der Waals surface area (Å²) in [5.74, 6) is -0.0757. The first-order valence-corrected chi connectivity index (χ1v) is 8.68. The predicted octanol–water partition coefficient (Wildman–Crippen LogP) is 5.97. The SMILES string of the molecule is CC/C=C\C/C=C\CCCCCCCCCCC(=O)OC. The number of carbonyl (C=O) groups excluding carboxylic acids is 1. The van der Waals surface area contributed by atoms with Gasteiger partial charge in [-0.2, -0.15) is 0 Å². The first kappa shape index (κ1) is 19.9. The molecule has 0 aliphatic heterocycles. The van der Waals surface area contributed by atoms with Gasteiger partial charge in [-0.1, -0.05) is 69.8 Å². The second-order valence-corrected chi connectivity index (χ2v) is 5.53. The van der Waals surface area contributed by atoms with Crippen molar-refractivity contribution in [2.75, 3.05) is 7.11 Å². The van der Waals surface area contributed by atoms with Crippen molar-refractivity contribution in [1.29, 1.82) is 0 Å². The monoisotopic (exact) mass is 294 g/mol. The zero-order valence-corrected chi connectivity index (χ0v) is 14.1. The number of hydrogen-bond acceptors (Lipinski definition) is 2. The zero-order chi connectivity index (χ0) is 15.6. The first-order chi connectivity index (χ1) is 10.3. The van der Waals surface area contributed by atoms with E-state index in [-0.39, 0.29) is 5.97 Å². The highest BCUT2D eigenvalue weighted by Crippen LogP contribution is 2.11. The van der Waals surface area contributed by atoms with Crippen molar-refractivity contribution in [3.8, 4) is 0 Å². The lowest BCUT2D eigenvalue weighted by atomic mass is 10.1. The molecule has 0 aromatic carbocycles. The molecule has 122 valence electrons. The quantitative estimate of drug-likeness (QED) is 0.224. The summed E-state index contributed by atoms with van der Waals surface area (Å²) >= 11 is 0. The number of esters is 1. The van der Waals surface area contributed by atoms with E-state index in [1.54, 1.807) is 0 Å². The van der Waals surface area contributed by atoms with Crippen LogP contribution < -0.4 is 0 Å². The average molecular weight is 294 g/mol. The van der Waals surface area contributed by atoms with E-state index in [2.05, 4.69) is 36.0 Å². The van der Waals surface area contributed by atoms with Gasteiger partial charge in [-0.15, -0.1) is 0 Å². The van der Waals surface area contributed by atoms with Crippen molar-refractivity contribution in [2.24, 2.45) is 0 Å². The summed E-state index contributed by atoms with van der Waals surface area (Å²) in [4.78, 5) is 10.9. The Balaban J connectivity index is 3.12. The molecule has 0 aliphatic rings. The van der Waals surface area contributed by atoms with Gasteiger partial charge in [0.05, 0.1) is 7.11 Å². The molecule has 0 saturated carbocycles. The molecule has 0 bridgehead atoms. The largest absolute Gasteiger partial charge is 0.469 e. The van der Waals surface area contributed by atoms with E-state index in [1.165, 1.54) is 52.1 Å².